The molecule has 0 unspecified atom stereocenters. The van der Waals surface area contributed by atoms with Gasteiger partial charge in [0.2, 0.25) is 11.8 Å². The number of imide groups is 1. The molecule has 1 aliphatic heterocycles. The first-order valence-electron chi connectivity index (χ1n) is 14.0. The standard InChI is InChI=1S/C34H28N2O5/c37-29(35-28-12-6-10-20-9-4-5-11-25(20)28)19-41-34(40)22-13-15-24(16-14-22)36-32(38)30-23-17-26(21-7-2-1-3-8-21)27(18-23)31(30)33(36)39/h1-16,23,26-27,30-31H,17-19H2,(H,35,37)/t23-,26-,27+,30+,31+/m0/s1. The van der Waals surface area contributed by atoms with Crippen molar-refractivity contribution in [2.24, 2.45) is 23.7 Å². The van der Waals surface area contributed by atoms with E-state index in [1.807, 2.05) is 54.6 Å². The molecule has 2 aliphatic carbocycles. The van der Waals surface area contributed by atoms with Crippen LogP contribution < -0.4 is 10.2 Å². The van der Waals surface area contributed by atoms with Crippen molar-refractivity contribution in [3.63, 3.8) is 0 Å². The van der Waals surface area contributed by atoms with Gasteiger partial charge in [-0.05, 0) is 71.9 Å². The summed E-state index contributed by atoms with van der Waals surface area (Å²) >= 11 is 0. The van der Waals surface area contributed by atoms with Crippen molar-refractivity contribution in [2.45, 2.75) is 18.8 Å². The number of benzene rings is 4. The van der Waals surface area contributed by atoms with Gasteiger partial charge in [-0.1, -0.05) is 66.7 Å². The summed E-state index contributed by atoms with van der Waals surface area (Å²) in [6, 6.07) is 29.8. The molecule has 5 atom stereocenters. The van der Waals surface area contributed by atoms with Gasteiger partial charge < -0.3 is 10.1 Å². The number of esters is 1. The molecule has 7 heteroatoms. The lowest BCUT2D eigenvalue weighted by atomic mass is 9.73. The minimum absolute atomic E-state index is 0.139. The third kappa shape index (κ3) is 4.29. The van der Waals surface area contributed by atoms with E-state index in [0.29, 0.717) is 17.3 Å². The van der Waals surface area contributed by atoms with Gasteiger partial charge in [-0.2, -0.15) is 0 Å². The van der Waals surface area contributed by atoms with Crippen molar-refractivity contribution in [2.75, 3.05) is 16.8 Å². The number of anilines is 2. The summed E-state index contributed by atoms with van der Waals surface area (Å²) < 4.78 is 5.23. The van der Waals surface area contributed by atoms with Gasteiger partial charge in [0.25, 0.3) is 5.91 Å². The third-order valence-electron chi connectivity index (χ3n) is 9.00. The fourth-order valence-corrected chi connectivity index (χ4v) is 7.28. The second-order valence-corrected chi connectivity index (χ2v) is 11.2. The van der Waals surface area contributed by atoms with Gasteiger partial charge in [-0.25, -0.2) is 4.79 Å². The number of rotatable bonds is 6. The van der Waals surface area contributed by atoms with Crippen LogP contribution in [0.2, 0.25) is 0 Å². The van der Waals surface area contributed by atoms with E-state index in [1.54, 1.807) is 18.2 Å². The van der Waals surface area contributed by atoms with Crippen LogP contribution >= 0.6 is 0 Å². The first-order valence-corrected chi connectivity index (χ1v) is 14.0. The Morgan fingerprint density at radius 1 is 0.780 bits per heavy atom. The molecule has 3 amide bonds. The number of fused-ring (bicyclic) bond motifs is 6. The molecule has 3 aliphatic rings. The molecule has 2 saturated carbocycles. The Morgan fingerprint density at radius 3 is 2.29 bits per heavy atom. The highest BCUT2D eigenvalue weighted by Gasteiger charge is 2.64. The largest absolute Gasteiger partial charge is 0.452 e. The number of nitrogens with zero attached hydrogens (tertiary/aromatic N) is 1. The lowest BCUT2D eigenvalue weighted by molar-refractivity contribution is -0.123. The zero-order valence-corrected chi connectivity index (χ0v) is 22.2. The molecule has 0 radical (unpaired) electrons. The Hall–Kier alpha value is -4.78. The zero-order valence-electron chi connectivity index (χ0n) is 22.2. The predicted molar refractivity (Wildman–Crippen MR) is 154 cm³/mol. The number of hydrogen-bond donors (Lipinski definition) is 1. The summed E-state index contributed by atoms with van der Waals surface area (Å²) in [5.41, 5.74) is 2.57. The van der Waals surface area contributed by atoms with Gasteiger partial charge in [0.1, 0.15) is 0 Å². The highest BCUT2D eigenvalue weighted by molar-refractivity contribution is 6.22. The predicted octanol–water partition coefficient (Wildman–Crippen LogP) is 5.56. The summed E-state index contributed by atoms with van der Waals surface area (Å²) in [6.07, 6.45) is 1.85. The fourth-order valence-electron chi connectivity index (χ4n) is 7.28. The Bertz CT molecular complexity index is 1680. The van der Waals surface area contributed by atoms with Gasteiger partial charge >= 0.3 is 5.97 Å². The normalized spacial score (nSPS) is 24.5. The molecular formula is C34H28N2O5. The van der Waals surface area contributed by atoms with Gasteiger partial charge in [-0.15, -0.1) is 0 Å². The molecule has 0 aromatic heterocycles. The van der Waals surface area contributed by atoms with E-state index < -0.39 is 18.5 Å². The summed E-state index contributed by atoms with van der Waals surface area (Å²) in [5.74, 6) is -1.27. The van der Waals surface area contributed by atoms with Gasteiger partial charge in [0, 0.05) is 11.1 Å². The van der Waals surface area contributed by atoms with E-state index >= 15 is 0 Å². The van der Waals surface area contributed by atoms with Crippen LogP contribution in [0.25, 0.3) is 10.8 Å². The maximum Gasteiger partial charge on any atom is 0.338 e. The molecule has 0 spiro atoms. The molecule has 1 N–H and O–H groups in total. The number of amides is 3. The van der Waals surface area contributed by atoms with Crippen LogP contribution in [0, 0.1) is 23.7 Å². The van der Waals surface area contributed by atoms with Crippen LogP contribution in [0.5, 0.6) is 0 Å². The zero-order chi connectivity index (χ0) is 28.1. The average Bonchev–Trinajstić information content (AvgIpc) is 3.68. The Labute approximate surface area is 237 Å². The second kappa shape index (κ2) is 10.0. The molecule has 204 valence electrons. The first kappa shape index (κ1) is 25.2. The van der Waals surface area contributed by atoms with Crippen LogP contribution in [0.4, 0.5) is 11.4 Å². The summed E-state index contributed by atoms with van der Waals surface area (Å²) in [5, 5.41) is 4.68. The van der Waals surface area contributed by atoms with Crippen molar-refractivity contribution in [1.29, 1.82) is 0 Å². The number of carbonyl (C=O) groups is 4. The Balaban J connectivity index is 1.00. The Morgan fingerprint density at radius 2 is 1.49 bits per heavy atom. The van der Waals surface area contributed by atoms with Crippen LogP contribution in [0.3, 0.4) is 0 Å². The molecule has 1 heterocycles. The third-order valence-corrected chi connectivity index (χ3v) is 9.00. The maximum atomic E-state index is 13.6. The highest BCUT2D eigenvalue weighted by Crippen LogP contribution is 2.61. The molecule has 1 saturated heterocycles. The van der Waals surface area contributed by atoms with E-state index in [4.69, 9.17) is 4.74 Å². The van der Waals surface area contributed by atoms with Gasteiger partial charge in [0.05, 0.1) is 23.1 Å². The monoisotopic (exact) mass is 544 g/mol. The van der Waals surface area contributed by atoms with Crippen LogP contribution in [-0.2, 0) is 19.1 Å². The lowest BCUT2D eigenvalue weighted by Crippen LogP contribution is -2.33. The van der Waals surface area contributed by atoms with Crippen LogP contribution in [-0.4, -0.2) is 30.3 Å². The maximum absolute atomic E-state index is 13.6. The Kier molecular flexibility index (Phi) is 6.15. The van der Waals surface area contributed by atoms with Crippen molar-refractivity contribution < 1.29 is 23.9 Å². The second-order valence-electron chi connectivity index (χ2n) is 11.2. The summed E-state index contributed by atoms with van der Waals surface area (Å²) in [4.78, 5) is 53.4. The van der Waals surface area contributed by atoms with Crippen molar-refractivity contribution in [3.05, 3.63) is 108 Å². The van der Waals surface area contributed by atoms with Crippen LogP contribution in [0.15, 0.2) is 97.1 Å². The number of nitrogens with one attached hydrogen (secondary N) is 1. The van der Waals surface area contributed by atoms with Gasteiger partial charge in [0.15, 0.2) is 6.61 Å². The minimum atomic E-state index is -0.663. The van der Waals surface area contributed by atoms with E-state index in [9.17, 15) is 19.2 Å². The van der Waals surface area contributed by atoms with E-state index in [2.05, 4.69) is 17.4 Å². The molecule has 2 bridgehead atoms. The fraction of sp³-hybridized carbons (Fsp3) is 0.235. The van der Waals surface area contributed by atoms with Crippen molar-refractivity contribution in [1.82, 2.24) is 0 Å². The van der Waals surface area contributed by atoms with E-state index in [1.165, 1.54) is 22.6 Å². The van der Waals surface area contributed by atoms with Crippen molar-refractivity contribution in [3.8, 4) is 0 Å². The number of carbonyl (C=O) groups excluding carboxylic acids is 4. The highest BCUT2D eigenvalue weighted by atomic mass is 16.5. The average molecular weight is 545 g/mol. The number of hydrogen-bond acceptors (Lipinski definition) is 5. The molecule has 41 heavy (non-hydrogen) atoms. The quantitative estimate of drug-likeness (QED) is 0.253. The summed E-state index contributed by atoms with van der Waals surface area (Å²) in [6.45, 7) is -0.443. The molecular weight excluding hydrogens is 516 g/mol. The number of ether oxygens (including phenoxy) is 1. The molecule has 4 aromatic carbocycles. The molecule has 4 aromatic rings. The first-order chi connectivity index (χ1) is 20.0. The topological polar surface area (TPSA) is 92.8 Å². The minimum Gasteiger partial charge on any atom is -0.452 e. The SMILES string of the molecule is O=C(COC(=O)c1ccc(N2C(=O)[C@@H]3[C@@H]4C[C@@H]([C@H]3C2=O)[C@H](c2ccccc2)C4)cc1)Nc1cccc2ccccc12. The smallest absolute Gasteiger partial charge is 0.338 e. The van der Waals surface area contributed by atoms with E-state index in [-0.39, 0.29) is 41.0 Å². The van der Waals surface area contributed by atoms with E-state index in [0.717, 1.165) is 23.6 Å². The van der Waals surface area contributed by atoms with Crippen LogP contribution in [0.1, 0.15) is 34.7 Å². The molecule has 3 fully saturated rings. The van der Waals surface area contributed by atoms with Crippen molar-refractivity contribution >= 4 is 45.8 Å². The molecule has 7 nitrogen and oxygen atoms in total. The summed E-state index contributed by atoms with van der Waals surface area (Å²) in [7, 11) is 0. The van der Waals surface area contributed by atoms with Gasteiger partial charge in [-0.3, -0.25) is 19.3 Å². The lowest BCUT2D eigenvalue weighted by Gasteiger charge is -2.28. The molecule has 7 rings (SSSR count).